The number of benzene rings is 5. The minimum atomic E-state index is -0.0677. The normalized spacial score (nSPS) is 15.7. The number of carbonyl (C=O) groups excluding carboxylic acids is 2. The van der Waals surface area contributed by atoms with E-state index in [4.69, 9.17) is 21.4 Å². The van der Waals surface area contributed by atoms with Crippen molar-refractivity contribution < 1.29 is 14.2 Å². The van der Waals surface area contributed by atoms with Gasteiger partial charge in [-0.15, -0.1) is 0 Å². The molecule has 2 amide bonds. The molecule has 0 radical (unpaired) electrons. The zero-order valence-corrected chi connectivity index (χ0v) is 47.5. The first-order chi connectivity index (χ1) is 38.4. The van der Waals surface area contributed by atoms with Gasteiger partial charge in [0.15, 0.2) is 6.04 Å². The maximum absolute atomic E-state index is 13.0. The number of nitrogens with two attached hydrogens (primary N) is 2. The van der Waals surface area contributed by atoms with Gasteiger partial charge in [-0.3, -0.25) is 9.59 Å². The molecule has 12 nitrogen and oxygen atoms in total. The lowest BCUT2D eigenvalue weighted by Crippen LogP contribution is -2.42. The molecule has 3 aliphatic rings. The number of nitrogens with zero attached hydrogens (tertiary/aromatic N) is 3. The lowest BCUT2D eigenvalue weighted by atomic mass is 9.94. The molecular formula is C67H85N10O2+. The number of amides is 2. The highest BCUT2D eigenvalue weighted by Gasteiger charge is 2.29. The van der Waals surface area contributed by atoms with Crippen LogP contribution in [0.5, 0.6) is 0 Å². The molecule has 0 saturated heterocycles. The van der Waals surface area contributed by atoms with Crippen molar-refractivity contribution in [2.45, 2.75) is 155 Å². The Morgan fingerprint density at radius 1 is 0.582 bits per heavy atom. The number of aliphatic imine (C=N–C) groups is 1. The summed E-state index contributed by atoms with van der Waals surface area (Å²) in [7, 11) is 0. The Hall–Kier alpha value is -7.47. The van der Waals surface area contributed by atoms with E-state index in [-0.39, 0.29) is 11.8 Å². The molecule has 2 fully saturated rings. The fourth-order valence-corrected chi connectivity index (χ4v) is 11.6. The number of hydrogen-bond acceptors (Lipinski definition) is 9. The maximum atomic E-state index is 13.0. The molecule has 9 rings (SSSR count). The minimum Gasteiger partial charge on any atom is -0.398 e. The molecule has 1 aromatic heterocycles. The van der Waals surface area contributed by atoms with E-state index in [1.54, 1.807) is 0 Å². The number of hydrogen-bond donors (Lipinski definition) is 7. The van der Waals surface area contributed by atoms with Gasteiger partial charge in [-0.05, 0) is 179 Å². The third-order valence-corrected chi connectivity index (χ3v) is 16.4. The van der Waals surface area contributed by atoms with E-state index in [0.29, 0.717) is 36.3 Å². The largest absolute Gasteiger partial charge is 0.398 e. The van der Waals surface area contributed by atoms with Crippen molar-refractivity contribution in [1.29, 1.82) is 0 Å². The molecule has 9 N–H and O–H groups in total. The topological polar surface area (TPSA) is 175 Å². The molecule has 0 atom stereocenters. The number of aryl methyl sites for hydroxylation is 3. The second-order valence-electron chi connectivity index (χ2n) is 22.6. The Kier molecular flexibility index (Phi) is 19.2. The van der Waals surface area contributed by atoms with E-state index < -0.39 is 0 Å². The van der Waals surface area contributed by atoms with Gasteiger partial charge in [-0.25, -0.2) is 9.98 Å². The third kappa shape index (κ3) is 14.6. The van der Waals surface area contributed by atoms with Gasteiger partial charge in [0.05, 0.1) is 17.1 Å². The van der Waals surface area contributed by atoms with Crippen molar-refractivity contribution in [3.63, 3.8) is 0 Å². The molecule has 0 bridgehead atoms. The highest BCUT2D eigenvalue weighted by atomic mass is 16.2. The van der Waals surface area contributed by atoms with E-state index in [1.165, 1.54) is 75.3 Å². The minimum absolute atomic E-state index is 0.0622. The molecule has 414 valence electrons. The molecule has 5 aromatic carbocycles. The van der Waals surface area contributed by atoms with Crippen LogP contribution in [0.3, 0.4) is 0 Å². The number of nitrogen functional groups attached to an aromatic ring is 2. The zero-order chi connectivity index (χ0) is 55.3. The number of fused-ring (bicyclic) bond motifs is 2. The van der Waals surface area contributed by atoms with Gasteiger partial charge < -0.3 is 38.1 Å². The summed E-state index contributed by atoms with van der Waals surface area (Å²) >= 11 is 0. The molecular weight excluding hydrogens is 977 g/mol. The number of unbranched alkanes of at least 4 members (excludes halogenated alkanes) is 6. The third-order valence-electron chi connectivity index (χ3n) is 16.4. The first-order valence-electron chi connectivity index (χ1n) is 29.5. The number of anilines is 4. The molecule has 12 heteroatoms. The quantitative estimate of drug-likeness (QED) is 0.0144. The smallest absolute Gasteiger partial charge is 0.251 e. The standard InChI is InChI=1S/C67H84N10O2/c1-44-36-60(61(41-55(44)68)74-53-20-12-10-13-21-53)75-59-39-46(3)57(38-48(59)5)70-32-16-6-8-18-34-72-66(78)51-28-24-49(25-29-51)50-26-30-52(31-27-50)67(79)73-35-19-9-7-17-33-71-58-43-65-63(40-47(58)4)76-62-37-45(2)56(69)42-64(62)77(65)54-22-14-11-15-23-54/h24-31,36-43,53-54,70,74H,5-23,32-35,68H2,1-4H3,(H4,69,71,72,73,78,79)/p+1/b75-59-. The van der Waals surface area contributed by atoms with E-state index in [9.17, 15) is 9.59 Å². The molecule has 0 spiro atoms. The van der Waals surface area contributed by atoms with Crippen LogP contribution in [0.2, 0.25) is 0 Å². The number of allylic oxidation sites excluding steroid dienone is 4. The lowest BCUT2D eigenvalue weighted by molar-refractivity contribution is -0.677. The van der Waals surface area contributed by atoms with Gasteiger partial charge in [-0.1, -0.05) is 82.2 Å². The molecule has 0 aliphatic heterocycles. The van der Waals surface area contributed by atoms with Gasteiger partial charge in [0.25, 0.3) is 11.8 Å². The van der Waals surface area contributed by atoms with Crippen LogP contribution in [0, 0.1) is 20.8 Å². The summed E-state index contributed by atoms with van der Waals surface area (Å²) in [5, 5.41) is 17.3. The van der Waals surface area contributed by atoms with E-state index in [0.717, 1.165) is 154 Å². The average molecular weight is 1060 g/mol. The first-order valence-corrected chi connectivity index (χ1v) is 29.5. The molecule has 3 aliphatic carbocycles. The summed E-state index contributed by atoms with van der Waals surface area (Å²) in [6.45, 7) is 15.8. The van der Waals surface area contributed by atoms with Crippen LogP contribution in [0.25, 0.3) is 33.2 Å². The summed E-state index contributed by atoms with van der Waals surface area (Å²) in [6, 6.07) is 29.1. The van der Waals surface area contributed by atoms with E-state index in [1.807, 2.05) is 61.5 Å². The van der Waals surface area contributed by atoms with Crippen molar-refractivity contribution in [3.05, 3.63) is 148 Å². The highest BCUT2D eigenvalue weighted by molar-refractivity contribution is 6.13. The molecule has 2 saturated carbocycles. The Bertz CT molecular complexity index is 3230. The van der Waals surface area contributed by atoms with Crippen LogP contribution in [-0.4, -0.2) is 54.7 Å². The van der Waals surface area contributed by atoms with Gasteiger partial charge in [0, 0.05) is 91.1 Å². The number of rotatable bonds is 23. The van der Waals surface area contributed by atoms with Crippen molar-refractivity contribution in [2.24, 2.45) is 4.99 Å². The van der Waals surface area contributed by atoms with Crippen molar-refractivity contribution in [3.8, 4) is 11.1 Å². The Balaban J connectivity index is 0.640. The fraction of sp³-hybridized carbons (Fsp3) is 0.418. The van der Waals surface area contributed by atoms with Gasteiger partial charge in [0.2, 0.25) is 11.0 Å². The first kappa shape index (κ1) is 56.3. The lowest BCUT2D eigenvalue weighted by Gasteiger charge is -2.25. The predicted molar refractivity (Wildman–Crippen MR) is 330 cm³/mol. The zero-order valence-electron chi connectivity index (χ0n) is 47.5. The fourth-order valence-electron chi connectivity index (χ4n) is 11.6. The van der Waals surface area contributed by atoms with Gasteiger partial charge >= 0.3 is 0 Å². The summed E-state index contributed by atoms with van der Waals surface area (Å²) in [6.07, 6.45) is 24.7. The van der Waals surface area contributed by atoms with Gasteiger partial charge in [-0.2, -0.15) is 4.57 Å². The predicted octanol–water partition coefficient (Wildman–Crippen LogP) is 14.1. The van der Waals surface area contributed by atoms with Crippen LogP contribution in [0.15, 0.2) is 125 Å². The van der Waals surface area contributed by atoms with Crippen LogP contribution >= 0.6 is 0 Å². The van der Waals surface area contributed by atoms with Crippen LogP contribution in [0.4, 0.5) is 28.4 Å². The van der Waals surface area contributed by atoms with Crippen LogP contribution in [-0.2, 0) is 0 Å². The second-order valence-corrected chi connectivity index (χ2v) is 22.6. The Morgan fingerprint density at radius 2 is 1.10 bits per heavy atom. The number of nitrogens with one attached hydrogen (secondary N) is 5. The Labute approximate surface area is 469 Å². The van der Waals surface area contributed by atoms with Crippen LogP contribution in [0.1, 0.15) is 166 Å². The van der Waals surface area contributed by atoms with E-state index >= 15 is 0 Å². The van der Waals surface area contributed by atoms with Crippen LogP contribution < -0.4 is 42.6 Å². The summed E-state index contributed by atoms with van der Waals surface area (Å²) in [5.74, 6) is -0.130. The molecule has 1 heterocycles. The second kappa shape index (κ2) is 26.9. The molecule has 79 heavy (non-hydrogen) atoms. The summed E-state index contributed by atoms with van der Waals surface area (Å²) in [4.78, 5) is 36.2. The van der Waals surface area contributed by atoms with Crippen molar-refractivity contribution in [1.82, 2.24) is 20.9 Å². The van der Waals surface area contributed by atoms with E-state index in [2.05, 4.69) is 101 Å². The number of carbonyl (C=O) groups is 2. The monoisotopic (exact) mass is 1060 g/mol. The average Bonchev–Trinajstić information content (AvgIpc) is 3.46. The van der Waals surface area contributed by atoms with Crippen molar-refractivity contribution in [2.75, 3.05) is 48.3 Å². The maximum Gasteiger partial charge on any atom is 0.251 e. The van der Waals surface area contributed by atoms with Crippen molar-refractivity contribution >= 4 is 68.0 Å². The molecule has 0 unspecified atom stereocenters. The Morgan fingerprint density at radius 3 is 1.71 bits per heavy atom. The molecule has 6 aromatic rings. The van der Waals surface area contributed by atoms with Gasteiger partial charge in [0.1, 0.15) is 11.0 Å². The number of aromatic nitrogens is 2. The summed E-state index contributed by atoms with van der Waals surface area (Å²) < 4.78 is 2.53. The summed E-state index contributed by atoms with van der Waals surface area (Å²) in [5.41, 5.74) is 32.3. The SMILES string of the molecule is C=C1C=C(NCCCCCCNC(=O)c2ccc(-c3ccc(C(=O)NCCCCCCNc4cc5c(cc4C)nc4cc(C)c(N)cc4[n+]5C4CCCCC4)cc3)cc2)C(C)=C/C1=N/c1cc(C)c(N)cc1NC1CCCCC1. The highest BCUT2D eigenvalue weighted by Crippen LogP contribution is 2.35.